The van der Waals surface area contributed by atoms with Crippen LogP contribution in [0.15, 0.2) is 18.3 Å². The van der Waals surface area contributed by atoms with Gasteiger partial charge in [0, 0.05) is 11.8 Å². The minimum Gasteiger partial charge on any atom is -0.468 e. The average molecular weight is 233 g/mol. The van der Waals surface area contributed by atoms with Crippen molar-refractivity contribution in [2.45, 2.75) is 6.42 Å². The van der Waals surface area contributed by atoms with E-state index in [1.165, 1.54) is 26.5 Å². The van der Waals surface area contributed by atoms with Crippen LogP contribution in [0.3, 0.4) is 0 Å². The monoisotopic (exact) mass is 233 g/mol. The summed E-state index contributed by atoms with van der Waals surface area (Å²) >= 11 is 0. The first-order valence-electron chi connectivity index (χ1n) is 4.77. The maximum absolute atomic E-state index is 11.2. The molecule has 0 saturated heterocycles. The maximum atomic E-state index is 11.2. The van der Waals surface area contributed by atoms with Crippen molar-refractivity contribution in [3.63, 3.8) is 0 Å². The van der Waals surface area contributed by atoms with Crippen molar-refractivity contribution in [3.8, 4) is 11.8 Å². The summed E-state index contributed by atoms with van der Waals surface area (Å²) < 4.78 is 8.97. The first-order chi connectivity index (χ1) is 8.17. The molecule has 0 radical (unpaired) electrons. The predicted octanol–water partition coefficient (Wildman–Crippen LogP) is 0.783. The third-order valence-electron chi connectivity index (χ3n) is 1.85. The summed E-state index contributed by atoms with van der Waals surface area (Å²) in [6, 6.07) is 3.13. The molecule has 0 bridgehead atoms. The Balaban J connectivity index is 2.78. The third kappa shape index (κ3) is 3.95. The molecule has 5 heteroatoms. The van der Waals surface area contributed by atoms with Gasteiger partial charge >= 0.3 is 11.9 Å². The van der Waals surface area contributed by atoms with Crippen molar-refractivity contribution in [2.75, 3.05) is 14.2 Å². The van der Waals surface area contributed by atoms with Crippen molar-refractivity contribution in [1.29, 1.82) is 0 Å². The molecule has 0 fully saturated rings. The number of ether oxygens (including phenoxy) is 2. The smallest absolute Gasteiger partial charge is 0.356 e. The van der Waals surface area contributed by atoms with Gasteiger partial charge in [-0.25, -0.2) is 9.78 Å². The summed E-state index contributed by atoms with van der Waals surface area (Å²) in [5, 5.41) is 0. The Morgan fingerprint density at radius 1 is 1.35 bits per heavy atom. The molecule has 0 aliphatic carbocycles. The molecular formula is C12H11NO4. The predicted molar refractivity (Wildman–Crippen MR) is 59.1 cm³/mol. The summed E-state index contributed by atoms with van der Waals surface area (Å²) in [6.07, 6.45) is 1.46. The number of carbonyl (C=O) groups is 2. The van der Waals surface area contributed by atoms with Crippen LogP contribution in [0.25, 0.3) is 0 Å². The van der Waals surface area contributed by atoms with Gasteiger partial charge < -0.3 is 9.47 Å². The Hall–Kier alpha value is -2.35. The van der Waals surface area contributed by atoms with E-state index >= 15 is 0 Å². The fraction of sp³-hybridized carbons (Fsp3) is 0.250. The van der Waals surface area contributed by atoms with Gasteiger partial charge in [0.15, 0.2) is 0 Å². The van der Waals surface area contributed by atoms with E-state index in [0.717, 1.165) is 0 Å². The van der Waals surface area contributed by atoms with Crippen molar-refractivity contribution < 1.29 is 19.1 Å². The molecule has 88 valence electrons. The number of nitrogens with zero attached hydrogens (tertiary/aromatic N) is 1. The van der Waals surface area contributed by atoms with E-state index in [4.69, 9.17) is 0 Å². The Labute approximate surface area is 98.8 Å². The molecule has 0 spiro atoms. The maximum Gasteiger partial charge on any atom is 0.356 e. The van der Waals surface area contributed by atoms with Crippen LogP contribution >= 0.6 is 0 Å². The van der Waals surface area contributed by atoms with E-state index in [0.29, 0.717) is 5.56 Å². The van der Waals surface area contributed by atoms with Crippen LogP contribution in [0.2, 0.25) is 0 Å². The molecule has 0 aliphatic rings. The SMILES string of the molecule is COC(=O)CC#Cc1ccnc(C(=O)OC)c1. The number of hydrogen-bond acceptors (Lipinski definition) is 5. The number of pyridine rings is 1. The lowest BCUT2D eigenvalue weighted by molar-refractivity contribution is -0.139. The fourth-order valence-electron chi connectivity index (χ4n) is 1.02. The van der Waals surface area contributed by atoms with Crippen LogP contribution < -0.4 is 0 Å². The number of carbonyl (C=O) groups excluding carboxylic acids is 2. The second-order valence-electron chi connectivity index (χ2n) is 2.98. The number of aromatic nitrogens is 1. The van der Waals surface area contributed by atoms with Crippen molar-refractivity contribution in [1.82, 2.24) is 4.98 Å². The molecule has 0 atom stereocenters. The molecule has 0 N–H and O–H groups in total. The summed E-state index contributed by atoms with van der Waals surface area (Å²) in [5.41, 5.74) is 0.765. The number of esters is 2. The highest BCUT2D eigenvalue weighted by Gasteiger charge is 2.06. The molecular weight excluding hydrogens is 222 g/mol. The molecule has 0 aliphatic heterocycles. The quantitative estimate of drug-likeness (QED) is 0.558. The zero-order valence-corrected chi connectivity index (χ0v) is 9.52. The highest BCUT2D eigenvalue weighted by molar-refractivity contribution is 5.87. The molecule has 5 nitrogen and oxygen atoms in total. The summed E-state index contributed by atoms with van der Waals surface area (Å²) in [7, 11) is 2.57. The Morgan fingerprint density at radius 2 is 2.12 bits per heavy atom. The number of methoxy groups -OCH3 is 2. The molecule has 0 unspecified atom stereocenters. The van der Waals surface area contributed by atoms with Crippen LogP contribution in [-0.2, 0) is 14.3 Å². The van der Waals surface area contributed by atoms with Gasteiger partial charge in [-0.2, -0.15) is 0 Å². The normalized spacial score (nSPS) is 8.82. The van der Waals surface area contributed by atoms with E-state index < -0.39 is 11.9 Å². The van der Waals surface area contributed by atoms with E-state index in [1.54, 1.807) is 6.07 Å². The second-order valence-corrected chi connectivity index (χ2v) is 2.98. The van der Waals surface area contributed by atoms with Crippen molar-refractivity contribution in [3.05, 3.63) is 29.6 Å². The van der Waals surface area contributed by atoms with Crippen molar-refractivity contribution >= 4 is 11.9 Å². The Bertz CT molecular complexity index is 485. The summed E-state index contributed by atoms with van der Waals surface area (Å²) in [6.45, 7) is 0. The van der Waals surface area contributed by atoms with Gasteiger partial charge in [-0.3, -0.25) is 4.79 Å². The van der Waals surface area contributed by atoms with Gasteiger partial charge in [-0.05, 0) is 12.1 Å². The number of rotatable bonds is 2. The van der Waals surface area contributed by atoms with Crippen LogP contribution in [-0.4, -0.2) is 31.1 Å². The van der Waals surface area contributed by atoms with E-state index in [2.05, 4.69) is 26.3 Å². The lowest BCUT2D eigenvalue weighted by atomic mass is 10.2. The van der Waals surface area contributed by atoms with Crippen LogP contribution in [0.4, 0.5) is 0 Å². The average Bonchev–Trinajstić information content (AvgIpc) is 2.38. The number of hydrogen-bond donors (Lipinski definition) is 0. The second kappa shape index (κ2) is 6.28. The molecule has 0 aromatic carbocycles. The zero-order valence-electron chi connectivity index (χ0n) is 9.52. The molecule has 1 heterocycles. The zero-order chi connectivity index (χ0) is 12.7. The highest BCUT2D eigenvalue weighted by atomic mass is 16.5. The Kier molecular flexibility index (Phi) is 4.70. The molecule has 0 saturated carbocycles. The van der Waals surface area contributed by atoms with Gasteiger partial charge in [0.1, 0.15) is 12.1 Å². The van der Waals surface area contributed by atoms with Crippen LogP contribution in [0.1, 0.15) is 22.5 Å². The van der Waals surface area contributed by atoms with E-state index in [1.807, 2.05) is 0 Å². The largest absolute Gasteiger partial charge is 0.468 e. The molecule has 1 aromatic rings. The third-order valence-corrected chi connectivity index (χ3v) is 1.85. The topological polar surface area (TPSA) is 65.5 Å². The van der Waals surface area contributed by atoms with Crippen LogP contribution in [0, 0.1) is 11.8 Å². The molecule has 1 aromatic heterocycles. The molecule has 0 amide bonds. The first-order valence-corrected chi connectivity index (χ1v) is 4.77. The summed E-state index contributed by atoms with van der Waals surface area (Å²) in [5.74, 6) is 4.43. The highest BCUT2D eigenvalue weighted by Crippen LogP contribution is 2.01. The van der Waals surface area contributed by atoms with Gasteiger partial charge in [-0.15, -0.1) is 0 Å². The Morgan fingerprint density at radius 3 is 2.76 bits per heavy atom. The van der Waals surface area contributed by atoms with Gasteiger partial charge in [0.05, 0.1) is 14.2 Å². The summed E-state index contributed by atoms with van der Waals surface area (Å²) in [4.78, 5) is 25.8. The van der Waals surface area contributed by atoms with E-state index in [9.17, 15) is 9.59 Å². The van der Waals surface area contributed by atoms with Crippen molar-refractivity contribution in [2.24, 2.45) is 0 Å². The minimum absolute atomic E-state index is 0.00633. The minimum atomic E-state index is -0.526. The van der Waals surface area contributed by atoms with E-state index in [-0.39, 0.29) is 12.1 Å². The lowest BCUT2D eigenvalue weighted by Gasteiger charge is -1.97. The molecule has 17 heavy (non-hydrogen) atoms. The van der Waals surface area contributed by atoms with Gasteiger partial charge in [0.25, 0.3) is 0 Å². The fourth-order valence-corrected chi connectivity index (χ4v) is 1.02. The van der Waals surface area contributed by atoms with Gasteiger partial charge in [-0.1, -0.05) is 11.8 Å². The standard InChI is InChI=1S/C12H11NO4/c1-16-11(14)5-3-4-9-6-7-13-10(8-9)12(15)17-2/h6-8H,5H2,1-2H3. The van der Waals surface area contributed by atoms with Crippen LogP contribution in [0.5, 0.6) is 0 Å². The lowest BCUT2D eigenvalue weighted by Crippen LogP contribution is -2.03. The first kappa shape index (κ1) is 12.7. The molecule has 1 rings (SSSR count). The van der Waals surface area contributed by atoms with Gasteiger partial charge in [0.2, 0.25) is 0 Å².